The highest BCUT2D eigenvalue weighted by Crippen LogP contribution is 2.28. The number of piperidine rings is 1. The lowest BCUT2D eigenvalue weighted by molar-refractivity contribution is -0.122. The summed E-state index contributed by atoms with van der Waals surface area (Å²) in [6.45, 7) is 2.75. The molecular weight excluding hydrogens is 296 g/mol. The van der Waals surface area contributed by atoms with Gasteiger partial charge in [0.25, 0.3) is 0 Å². The van der Waals surface area contributed by atoms with Gasteiger partial charge in [0.1, 0.15) is 5.75 Å². The maximum atomic E-state index is 12.3. The van der Waals surface area contributed by atoms with E-state index in [1.54, 1.807) is 18.2 Å². The summed E-state index contributed by atoms with van der Waals surface area (Å²) in [5.74, 6) is -0.0263. The van der Waals surface area contributed by atoms with Crippen molar-refractivity contribution in [1.29, 1.82) is 0 Å². The average Bonchev–Trinajstić information content (AvgIpc) is 2.35. The van der Waals surface area contributed by atoms with Gasteiger partial charge < -0.3 is 15.7 Å². The summed E-state index contributed by atoms with van der Waals surface area (Å²) in [6.07, 6.45) is 2.96. The second kappa shape index (κ2) is 5.28. The molecule has 5 heteroatoms. The number of hydrogen-bond acceptors (Lipinski definition) is 3. The van der Waals surface area contributed by atoms with Gasteiger partial charge >= 0.3 is 0 Å². The smallest absolute Gasteiger partial charge is 0.244 e. The van der Waals surface area contributed by atoms with E-state index in [0.717, 1.165) is 30.3 Å². The molecule has 1 atom stereocenters. The van der Waals surface area contributed by atoms with Crippen molar-refractivity contribution in [1.82, 2.24) is 5.32 Å². The molecule has 0 bridgehead atoms. The van der Waals surface area contributed by atoms with Crippen LogP contribution in [0.4, 0.5) is 5.69 Å². The average molecular weight is 313 g/mol. The first-order chi connectivity index (χ1) is 8.51. The zero-order chi connectivity index (χ0) is 13.2. The molecule has 1 unspecified atom stereocenters. The summed E-state index contributed by atoms with van der Waals surface area (Å²) in [5.41, 5.74) is -0.115. The number of aromatic hydroxyl groups is 1. The van der Waals surface area contributed by atoms with Crippen molar-refractivity contribution in [3.8, 4) is 5.75 Å². The van der Waals surface area contributed by atoms with E-state index in [0.29, 0.717) is 5.69 Å². The number of halogens is 1. The van der Waals surface area contributed by atoms with Crippen LogP contribution in [0.3, 0.4) is 0 Å². The normalized spacial score (nSPS) is 23.7. The van der Waals surface area contributed by atoms with Crippen molar-refractivity contribution in [2.45, 2.75) is 31.7 Å². The summed E-state index contributed by atoms with van der Waals surface area (Å²) >= 11 is 3.32. The zero-order valence-corrected chi connectivity index (χ0v) is 11.9. The third-order valence-electron chi connectivity index (χ3n) is 3.33. The summed E-state index contributed by atoms with van der Waals surface area (Å²) in [4.78, 5) is 12.3. The Labute approximate surface area is 115 Å². The third kappa shape index (κ3) is 2.84. The summed E-state index contributed by atoms with van der Waals surface area (Å²) in [6, 6.07) is 4.97. The number of hydrogen-bond donors (Lipinski definition) is 3. The van der Waals surface area contributed by atoms with E-state index in [1.807, 2.05) is 6.92 Å². The van der Waals surface area contributed by atoms with Crippen LogP contribution >= 0.6 is 15.9 Å². The van der Waals surface area contributed by atoms with E-state index >= 15 is 0 Å². The number of benzene rings is 1. The highest BCUT2D eigenvalue weighted by atomic mass is 79.9. The van der Waals surface area contributed by atoms with Gasteiger partial charge in [0, 0.05) is 4.47 Å². The SMILES string of the molecule is CC1(C(=O)Nc2cc(Br)ccc2O)CCCCN1. The van der Waals surface area contributed by atoms with Gasteiger partial charge in [-0.3, -0.25) is 4.79 Å². The molecule has 18 heavy (non-hydrogen) atoms. The van der Waals surface area contributed by atoms with Crippen molar-refractivity contribution in [3.05, 3.63) is 22.7 Å². The molecular formula is C13H17BrN2O2. The van der Waals surface area contributed by atoms with Gasteiger partial charge in [0.15, 0.2) is 0 Å². The fraction of sp³-hybridized carbons (Fsp3) is 0.462. The van der Waals surface area contributed by atoms with Crippen LogP contribution in [-0.2, 0) is 4.79 Å². The van der Waals surface area contributed by atoms with E-state index in [4.69, 9.17) is 0 Å². The Morgan fingerprint density at radius 1 is 1.50 bits per heavy atom. The molecule has 1 aliphatic heterocycles. The van der Waals surface area contributed by atoms with Gasteiger partial charge in [0.05, 0.1) is 11.2 Å². The summed E-state index contributed by atoms with van der Waals surface area (Å²) < 4.78 is 0.817. The minimum atomic E-state index is -0.549. The van der Waals surface area contributed by atoms with Crippen LogP contribution in [0.25, 0.3) is 0 Å². The number of nitrogens with one attached hydrogen (secondary N) is 2. The largest absolute Gasteiger partial charge is 0.506 e. The van der Waals surface area contributed by atoms with Crippen LogP contribution in [0, 0.1) is 0 Å². The number of phenolic OH excluding ortho intramolecular Hbond substituents is 1. The van der Waals surface area contributed by atoms with Crippen LogP contribution in [0.1, 0.15) is 26.2 Å². The number of carbonyl (C=O) groups is 1. The molecule has 0 saturated carbocycles. The maximum absolute atomic E-state index is 12.3. The standard InChI is InChI=1S/C13H17BrN2O2/c1-13(6-2-3-7-15-13)12(18)16-10-8-9(14)4-5-11(10)17/h4-5,8,15,17H,2-3,6-7H2,1H3,(H,16,18). The molecule has 1 amide bonds. The van der Waals surface area contributed by atoms with E-state index in [-0.39, 0.29) is 11.7 Å². The molecule has 0 spiro atoms. The van der Waals surface area contributed by atoms with Crippen molar-refractivity contribution in [2.24, 2.45) is 0 Å². The fourth-order valence-corrected chi connectivity index (χ4v) is 2.48. The van der Waals surface area contributed by atoms with E-state index in [2.05, 4.69) is 26.6 Å². The number of phenols is 1. The Morgan fingerprint density at radius 2 is 2.28 bits per heavy atom. The second-order valence-electron chi connectivity index (χ2n) is 4.83. The fourth-order valence-electron chi connectivity index (χ4n) is 2.12. The lowest BCUT2D eigenvalue weighted by Gasteiger charge is -2.33. The number of amides is 1. The minimum Gasteiger partial charge on any atom is -0.506 e. The molecule has 98 valence electrons. The molecule has 2 rings (SSSR count). The number of anilines is 1. The zero-order valence-electron chi connectivity index (χ0n) is 10.3. The summed E-state index contributed by atoms with van der Waals surface area (Å²) in [5, 5.41) is 15.7. The molecule has 1 aliphatic rings. The minimum absolute atomic E-state index is 0.0750. The Hall–Kier alpha value is -1.07. The van der Waals surface area contributed by atoms with Gasteiger partial charge in [-0.25, -0.2) is 0 Å². The molecule has 3 N–H and O–H groups in total. The van der Waals surface area contributed by atoms with Crippen molar-refractivity contribution < 1.29 is 9.90 Å². The molecule has 1 aromatic carbocycles. The quantitative estimate of drug-likeness (QED) is 0.736. The lowest BCUT2D eigenvalue weighted by atomic mass is 9.90. The predicted octanol–water partition coefficient (Wildman–Crippen LogP) is 2.63. The van der Waals surface area contributed by atoms with Crippen molar-refractivity contribution in [2.75, 3.05) is 11.9 Å². The highest BCUT2D eigenvalue weighted by molar-refractivity contribution is 9.10. The van der Waals surface area contributed by atoms with Crippen LogP contribution in [-0.4, -0.2) is 23.1 Å². The van der Waals surface area contributed by atoms with Crippen LogP contribution in [0.2, 0.25) is 0 Å². The first kappa shape index (κ1) is 13.4. The number of carbonyl (C=O) groups excluding carboxylic acids is 1. The Balaban J connectivity index is 2.13. The molecule has 1 fully saturated rings. The van der Waals surface area contributed by atoms with E-state index < -0.39 is 5.54 Å². The highest BCUT2D eigenvalue weighted by Gasteiger charge is 2.34. The monoisotopic (exact) mass is 312 g/mol. The van der Waals surface area contributed by atoms with Gasteiger partial charge in [-0.2, -0.15) is 0 Å². The van der Waals surface area contributed by atoms with Gasteiger partial charge in [-0.1, -0.05) is 15.9 Å². The van der Waals surface area contributed by atoms with E-state index in [1.165, 1.54) is 0 Å². The van der Waals surface area contributed by atoms with Gasteiger partial charge in [-0.05, 0) is 50.9 Å². The van der Waals surface area contributed by atoms with Gasteiger partial charge in [0.2, 0.25) is 5.91 Å². The molecule has 1 aromatic rings. The van der Waals surface area contributed by atoms with Crippen molar-refractivity contribution >= 4 is 27.5 Å². The van der Waals surface area contributed by atoms with Crippen LogP contribution in [0.5, 0.6) is 5.75 Å². The first-order valence-corrected chi connectivity index (χ1v) is 6.85. The summed E-state index contributed by atoms with van der Waals surface area (Å²) in [7, 11) is 0. The van der Waals surface area contributed by atoms with Gasteiger partial charge in [-0.15, -0.1) is 0 Å². The van der Waals surface area contributed by atoms with E-state index in [9.17, 15) is 9.90 Å². The topological polar surface area (TPSA) is 61.4 Å². The Bertz CT molecular complexity index is 456. The molecule has 4 nitrogen and oxygen atoms in total. The lowest BCUT2D eigenvalue weighted by Crippen LogP contribution is -2.54. The first-order valence-electron chi connectivity index (χ1n) is 6.06. The molecule has 1 saturated heterocycles. The van der Waals surface area contributed by atoms with Crippen molar-refractivity contribution in [3.63, 3.8) is 0 Å². The molecule has 1 heterocycles. The predicted molar refractivity (Wildman–Crippen MR) is 74.7 cm³/mol. The Morgan fingerprint density at radius 3 is 2.94 bits per heavy atom. The maximum Gasteiger partial charge on any atom is 0.244 e. The Kier molecular flexibility index (Phi) is 3.92. The number of rotatable bonds is 2. The molecule has 0 radical (unpaired) electrons. The van der Waals surface area contributed by atoms with Crippen LogP contribution in [0.15, 0.2) is 22.7 Å². The van der Waals surface area contributed by atoms with Crippen LogP contribution < -0.4 is 10.6 Å². The molecule has 0 aliphatic carbocycles. The third-order valence-corrected chi connectivity index (χ3v) is 3.82. The molecule has 0 aromatic heterocycles. The second-order valence-corrected chi connectivity index (χ2v) is 5.75.